The number of imidazole rings is 1. The maximum absolute atomic E-state index is 12.4. The van der Waals surface area contributed by atoms with Crippen molar-refractivity contribution in [2.24, 2.45) is 0 Å². The van der Waals surface area contributed by atoms with Gasteiger partial charge in [-0.2, -0.15) is 0 Å². The van der Waals surface area contributed by atoms with Crippen molar-refractivity contribution < 1.29 is 9.59 Å². The molecule has 0 fully saturated rings. The highest BCUT2D eigenvalue weighted by Crippen LogP contribution is 2.15. The molecule has 2 atom stereocenters. The van der Waals surface area contributed by atoms with Crippen molar-refractivity contribution in [3.05, 3.63) is 90.5 Å². The van der Waals surface area contributed by atoms with E-state index in [4.69, 9.17) is 0 Å². The van der Waals surface area contributed by atoms with E-state index in [-0.39, 0.29) is 17.9 Å². The normalized spacial score (nSPS) is 13.0. The van der Waals surface area contributed by atoms with Gasteiger partial charge in [0.15, 0.2) is 0 Å². The summed E-state index contributed by atoms with van der Waals surface area (Å²) in [5.74, 6) is -0.550. The van der Waals surface area contributed by atoms with Gasteiger partial charge in [-0.15, -0.1) is 0 Å². The van der Waals surface area contributed by atoms with Crippen LogP contribution in [0.3, 0.4) is 0 Å². The van der Waals surface area contributed by atoms with Crippen LogP contribution < -0.4 is 10.6 Å². The number of carbonyl (C=O) groups is 2. The lowest BCUT2D eigenvalue weighted by Crippen LogP contribution is -2.45. The molecule has 2 aromatic carbocycles. The van der Waals surface area contributed by atoms with Gasteiger partial charge in [0, 0.05) is 24.2 Å². The van der Waals surface area contributed by atoms with Crippen LogP contribution in [0.25, 0.3) is 11.8 Å². The standard InChI is InChI=1S/C23H24N4O2/c1-17(20-9-11-21(12-10-20)27-15-14-24-16-27)26-23(29)18(2)25-22(28)13-8-19-6-4-3-5-7-19/h3-18H,1-2H3,(H,25,28)(H,26,29)/b13-8+. The molecule has 0 aliphatic rings. The van der Waals surface area contributed by atoms with Gasteiger partial charge in [-0.1, -0.05) is 42.5 Å². The summed E-state index contributed by atoms with van der Waals surface area (Å²) in [5.41, 5.74) is 2.90. The van der Waals surface area contributed by atoms with Crippen LogP contribution in [0.5, 0.6) is 0 Å². The number of benzene rings is 2. The molecule has 6 nitrogen and oxygen atoms in total. The van der Waals surface area contributed by atoms with Crippen molar-refractivity contribution in [2.45, 2.75) is 25.9 Å². The first-order valence-electron chi connectivity index (χ1n) is 9.45. The molecule has 0 spiro atoms. The second-order valence-electron chi connectivity index (χ2n) is 6.77. The molecular formula is C23H24N4O2. The zero-order chi connectivity index (χ0) is 20.6. The van der Waals surface area contributed by atoms with Crippen molar-refractivity contribution in [1.29, 1.82) is 0 Å². The third-order valence-electron chi connectivity index (χ3n) is 4.53. The van der Waals surface area contributed by atoms with E-state index in [0.717, 1.165) is 16.8 Å². The Morgan fingerprint density at radius 3 is 2.38 bits per heavy atom. The molecule has 0 saturated heterocycles. The van der Waals surface area contributed by atoms with Gasteiger partial charge in [0.25, 0.3) is 0 Å². The molecule has 2 unspecified atom stereocenters. The summed E-state index contributed by atoms with van der Waals surface area (Å²) in [7, 11) is 0. The Bertz CT molecular complexity index is 964. The van der Waals surface area contributed by atoms with Gasteiger partial charge in [0.1, 0.15) is 6.04 Å². The molecule has 148 valence electrons. The highest BCUT2D eigenvalue weighted by atomic mass is 16.2. The molecule has 29 heavy (non-hydrogen) atoms. The molecule has 2 amide bonds. The Kier molecular flexibility index (Phi) is 6.58. The van der Waals surface area contributed by atoms with E-state index < -0.39 is 6.04 Å². The van der Waals surface area contributed by atoms with Crippen molar-refractivity contribution in [1.82, 2.24) is 20.2 Å². The minimum Gasteiger partial charge on any atom is -0.348 e. The summed E-state index contributed by atoms with van der Waals surface area (Å²) in [6.07, 6.45) is 8.47. The molecule has 1 heterocycles. The smallest absolute Gasteiger partial charge is 0.244 e. The number of rotatable bonds is 7. The van der Waals surface area contributed by atoms with Crippen molar-refractivity contribution in [2.75, 3.05) is 0 Å². The molecular weight excluding hydrogens is 364 g/mol. The van der Waals surface area contributed by atoms with Crippen LogP contribution in [0.4, 0.5) is 0 Å². The van der Waals surface area contributed by atoms with Crippen LogP contribution in [0.2, 0.25) is 0 Å². The van der Waals surface area contributed by atoms with Crippen LogP contribution in [-0.4, -0.2) is 27.4 Å². The van der Waals surface area contributed by atoms with Gasteiger partial charge >= 0.3 is 0 Å². The third-order valence-corrected chi connectivity index (χ3v) is 4.53. The third kappa shape index (κ3) is 5.65. The number of nitrogens with one attached hydrogen (secondary N) is 2. The molecule has 0 aliphatic heterocycles. The first-order valence-corrected chi connectivity index (χ1v) is 9.45. The predicted molar refractivity (Wildman–Crippen MR) is 113 cm³/mol. The molecule has 0 bridgehead atoms. The predicted octanol–water partition coefficient (Wildman–Crippen LogP) is 3.27. The fraction of sp³-hybridized carbons (Fsp3) is 0.174. The summed E-state index contributed by atoms with van der Waals surface area (Å²) in [5, 5.41) is 5.62. The maximum Gasteiger partial charge on any atom is 0.244 e. The zero-order valence-corrected chi connectivity index (χ0v) is 16.4. The summed E-state index contributed by atoms with van der Waals surface area (Å²) in [6.45, 7) is 3.58. The van der Waals surface area contributed by atoms with Crippen LogP contribution in [0.1, 0.15) is 31.0 Å². The second-order valence-corrected chi connectivity index (χ2v) is 6.77. The lowest BCUT2D eigenvalue weighted by Gasteiger charge is -2.18. The van der Waals surface area contributed by atoms with Gasteiger partial charge in [-0.05, 0) is 43.2 Å². The fourth-order valence-electron chi connectivity index (χ4n) is 2.83. The number of carbonyl (C=O) groups excluding carboxylic acids is 2. The Balaban J connectivity index is 1.52. The van der Waals surface area contributed by atoms with E-state index in [2.05, 4.69) is 15.6 Å². The van der Waals surface area contributed by atoms with Gasteiger partial charge in [0.05, 0.1) is 12.4 Å². The molecule has 0 aliphatic carbocycles. The summed E-state index contributed by atoms with van der Waals surface area (Å²) in [6, 6.07) is 16.6. The number of hydrogen-bond donors (Lipinski definition) is 2. The van der Waals surface area contributed by atoms with Gasteiger partial charge in [-0.25, -0.2) is 4.98 Å². The van der Waals surface area contributed by atoms with Crippen LogP contribution in [-0.2, 0) is 9.59 Å². The Labute approximate surface area is 170 Å². The average Bonchev–Trinajstić information content (AvgIpc) is 3.28. The van der Waals surface area contributed by atoms with Crippen molar-refractivity contribution in [3.63, 3.8) is 0 Å². The highest BCUT2D eigenvalue weighted by Gasteiger charge is 2.17. The molecule has 0 saturated carbocycles. The highest BCUT2D eigenvalue weighted by molar-refractivity contribution is 5.95. The van der Waals surface area contributed by atoms with Crippen LogP contribution >= 0.6 is 0 Å². The minimum absolute atomic E-state index is 0.182. The van der Waals surface area contributed by atoms with Gasteiger partial charge in [-0.3, -0.25) is 9.59 Å². The molecule has 0 radical (unpaired) electrons. The minimum atomic E-state index is -0.643. The lowest BCUT2D eigenvalue weighted by atomic mass is 10.1. The van der Waals surface area contributed by atoms with E-state index in [1.165, 1.54) is 6.08 Å². The van der Waals surface area contributed by atoms with E-state index in [9.17, 15) is 9.59 Å². The van der Waals surface area contributed by atoms with Crippen LogP contribution in [0.15, 0.2) is 79.4 Å². The molecule has 3 aromatic rings. The first kappa shape index (κ1) is 20.1. The number of aromatic nitrogens is 2. The molecule has 2 N–H and O–H groups in total. The average molecular weight is 388 g/mol. The summed E-state index contributed by atoms with van der Waals surface area (Å²) < 4.78 is 1.91. The number of nitrogens with zero attached hydrogens (tertiary/aromatic N) is 2. The number of hydrogen-bond acceptors (Lipinski definition) is 3. The molecule has 1 aromatic heterocycles. The summed E-state index contributed by atoms with van der Waals surface area (Å²) >= 11 is 0. The van der Waals surface area contributed by atoms with E-state index in [0.29, 0.717) is 0 Å². The van der Waals surface area contributed by atoms with Crippen molar-refractivity contribution >= 4 is 17.9 Å². The van der Waals surface area contributed by atoms with Crippen molar-refractivity contribution in [3.8, 4) is 5.69 Å². The lowest BCUT2D eigenvalue weighted by molar-refractivity contribution is -0.127. The monoisotopic (exact) mass is 388 g/mol. The Morgan fingerprint density at radius 2 is 1.72 bits per heavy atom. The maximum atomic E-state index is 12.4. The Hall–Kier alpha value is -3.67. The SMILES string of the molecule is CC(NC(=O)/C=C/c1ccccc1)C(=O)NC(C)c1ccc(-n2ccnc2)cc1. The first-order chi connectivity index (χ1) is 14.0. The van der Waals surface area contributed by atoms with Gasteiger partial charge in [0.2, 0.25) is 11.8 Å². The fourth-order valence-corrected chi connectivity index (χ4v) is 2.83. The zero-order valence-electron chi connectivity index (χ0n) is 16.4. The quantitative estimate of drug-likeness (QED) is 0.610. The van der Waals surface area contributed by atoms with E-state index in [1.54, 1.807) is 25.5 Å². The van der Waals surface area contributed by atoms with Gasteiger partial charge < -0.3 is 15.2 Å². The second kappa shape index (κ2) is 9.50. The largest absolute Gasteiger partial charge is 0.348 e. The molecule has 3 rings (SSSR count). The summed E-state index contributed by atoms with van der Waals surface area (Å²) in [4.78, 5) is 28.5. The van der Waals surface area contributed by atoms with Crippen LogP contribution in [0, 0.1) is 0 Å². The van der Waals surface area contributed by atoms with E-state index in [1.807, 2.05) is 72.3 Å². The number of amides is 2. The van der Waals surface area contributed by atoms with E-state index >= 15 is 0 Å². The Morgan fingerprint density at radius 1 is 1.00 bits per heavy atom. The topological polar surface area (TPSA) is 76.0 Å². The molecule has 6 heteroatoms.